The summed E-state index contributed by atoms with van der Waals surface area (Å²) in [6, 6.07) is 21.5. The van der Waals surface area contributed by atoms with E-state index in [4.69, 9.17) is 14.5 Å². The first kappa shape index (κ1) is 34.0. The van der Waals surface area contributed by atoms with Crippen LogP contribution in [-0.4, -0.2) is 63.4 Å². The minimum Gasteiger partial charge on any atom is -0.443 e. The van der Waals surface area contributed by atoms with Crippen molar-refractivity contribution in [1.29, 1.82) is 0 Å². The van der Waals surface area contributed by atoms with Crippen molar-refractivity contribution in [3.05, 3.63) is 84.4 Å². The fourth-order valence-corrected chi connectivity index (χ4v) is 5.88. The van der Waals surface area contributed by atoms with Gasteiger partial charge in [0.2, 0.25) is 11.8 Å². The molecule has 45 heavy (non-hydrogen) atoms. The Hall–Kier alpha value is -3.87. The van der Waals surface area contributed by atoms with Crippen LogP contribution in [0.3, 0.4) is 0 Å². The number of ether oxygens (including phenoxy) is 1. The van der Waals surface area contributed by atoms with Crippen molar-refractivity contribution in [2.24, 2.45) is 0 Å². The van der Waals surface area contributed by atoms with Gasteiger partial charge in [0.25, 0.3) is 0 Å². The van der Waals surface area contributed by atoms with E-state index in [0.29, 0.717) is 23.6 Å². The Labute approximate surface area is 266 Å². The minimum absolute atomic E-state index is 0.0501. The van der Waals surface area contributed by atoms with Crippen LogP contribution in [0.1, 0.15) is 26.3 Å². The van der Waals surface area contributed by atoms with Crippen molar-refractivity contribution in [2.75, 3.05) is 23.0 Å². The fraction of sp³-hybridized carbons (Fsp3) is 0.323. The molecular weight excluding hydrogens is 619 g/mol. The van der Waals surface area contributed by atoms with Crippen molar-refractivity contribution in [3.8, 4) is 16.9 Å². The lowest BCUT2D eigenvalue weighted by Crippen LogP contribution is -2.58. The van der Waals surface area contributed by atoms with Gasteiger partial charge < -0.3 is 19.5 Å². The fourth-order valence-electron chi connectivity index (χ4n) is 4.54. The highest BCUT2D eigenvalue weighted by Gasteiger charge is 2.32. The zero-order chi connectivity index (χ0) is 32.6. The Bertz CT molecular complexity index is 1510. The molecule has 1 saturated heterocycles. The number of carbonyl (C=O) groups excluding carboxylic acids is 3. The van der Waals surface area contributed by atoms with E-state index in [-0.39, 0.29) is 18.1 Å². The molecule has 0 aliphatic carbocycles. The molecule has 0 bridgehead atoms. The number of hydrogen-bond acceptors (Lipinski definition) is 8. The quantitative estimate of drug-likeness (QED) is 0.159. The van der Waals surface area contributed by atoms with Crippen LogP contribution in [0.5, 0.6) is 5.75 Å². The highest BCUT2D eigenvalue weighted by molar-refractivity contribution is 7.99. The molecule has 0 saturated carbocycles. The molecule has 1 aliphatic rings. The maximum absolute atomic E-state index is 13.7. The number of phosphoric ester groups is 1. The van der Waals surface area contributed by atoms with Gasteiger partial charge in [0, 0.05) is 23.7 Å². The molecule has 1 aliphatic heterocycles. The summed E-state index contributed by atoms with van der Waals surface area (Å²) in [7, 11) is -4.74. The number of hydrogen-bond donors (Lipinski definition) is 5. The smallest absolute Gasteiger partial charge is 0.443 e. The summed E-state index contributed by atoms with van der Waals surface area (Å²) >= 11 is 1.55. The van der Waals surface area contributed by atoms with Crippen LogP contribution < -0.4 is 25.6 Å². The highest BCUT2D eigenvalue weighted by Crippen LogP contribution is 2.37. The zero-order valence-electron chi connectivity index (χ0n) is 25.1. The van der Waals surface area contributed by atoms with E-state index < -0.39 is 37.5 Å². The van der Waals surface area contributed by atoms with Gasteiger partial charge in [0.1, 0.15) is 23.4 Å². The SMILES string of the molecule is CC(C)(C)OC(=O)NN[C@@H](Cc1ccc(OP(=O)(O)O)cc1)C(=O)N[C@H]1CSCCN(c2ccc(-c3ccccc3)cc2)C1=O. The van der Waals surface area contributed by atoms with E-state index in [1.807, 2.05) is 54.6 Å². The van der Waals surface area contributed by atoms with Crippen molar-refractivity contribution in [2.45, 2.75) is 44.9 Å². The van der Waals surface area contributed by atoms with Crippen LogP contribution in [0.25, 0.3) is 11.1 Å². The molecule has 0 unspecified atom stereocenters. The number of benzene rings is 3. The van der Waals surface area contributed by atoms with Gasteiger partial charge in [-0.05, 0) is 68.1 Å². The van der Waals surface area contributed by atoms with Gasteiger partial charge in [-0.25, -0.2) is 14.8 Å². The van der Waals surface area contributed by atoms with Crippen LogP contribution in [0, 0.1) is 0 Å². The van der Waals surface area contributed by atoms with Gasteiger partial charge in [-0.15, -0.1) is 0 Å². The summed E-state index contributed by atoms with van der Waals surface area (Å²) in [6.07, 6.45) is -0.742. The second-order valence-electron chi connectivity index (χ2n) is 11.3. The van der Waals surface area contributed by atoms with Crippen LogP contribution in [0.4, 0.5) is 10.5 Å². The summed E-state index contributed by atoms with van der Waals surface area (Å²) in [5.74, 6) is 0.207. The van der Waals surface area contributed by atoms with Gasteiger partial charge in [-0.2, -0.15) is 11.8 Å². The molecule has 14 heteroatoms. The zero-order valence-corrected chi connectivity index (χ0v) is 26.8. The largest absolute Gasteiger partial charge is 0.524 e. The molecule has 0 aromatic heterocycles. The van der Waals surface area contributed by atoms with E-state index in [1.165, 1.54) is 24.3 Å². The maximum atomic E-state index is 13.7. The molecule has 0 radical (unpaired) electrons. The van der Waals surface area contributed by atoms with E-state index in [1.54, 1.807) is 37.4 Å². The number of hydrazine groups is 1. The molecule has 4 rings (SSSR count). The van der Waals surface area contributed by atoms with Crippen LogP contribution >= 0.6 is 19.6 Å². The second kappa shape index (κ2) is 14.9. The number of phosphoric acid groups is 1. The van der Waals surface area contributed by atoms with Crippen molar-refractivity contribution >= 4 is 43.2 Å². The van der Waals surface area contributed by atoms with E-state index in [9.17, 15) is 18.9 Å². The number of carbonyl (C=O) groups is 3. The molecule has 5 N–H and O–H groups in total. The van der Waals surface area contributed by atoms with E-state index in [0.717, 1.165) is 16.8 Å². The third kappa shape index (κ3) is 10.6. The van der Waals surface area contributed by atoms with Crippen molar-refractivity contribution in [1.82, 2.24) is 16.2 Å². The topological polar surface area (TPSA) is 167 Å². The van der Waals surface area contributed by atoms with Crippen LogP contribution in [0.2, 0.25) is 0 Å². The Kier molecular flexibility index (Phi) is 11.3. The normalized spacial score (nSPS) is 16.3. The summed E-state index contributed by atoms with van der Waals surface area (Å²) in [5, 5.41) is 2.85. The number of nitrogens with one attached hydrogen (secondary N) is 3. The first-order valence-electron chi connectivity index (χ1n) is 14.2. The molecule has 12 nitrogen and oxygen atoms in total. The lowest BCUT2D eigenvalue weighted by atomic mass is 10.0. The molecule has 3 aromatic carbocycles. The number of thioether (sulfide) groups is 1. The third-order valence-corrected chi connectivity index (χ3v) is 8.05. The molecule has 2 atom stereocenters. The predicted octanol–water partition coefficient (Wildman–Crippen LogP) is 4.03. The summed E-state index contributed by atoms with van der Waals surface area (Å²) in [6.45, 7) is 5.59. The number of amides is 3. The van der Waals surface area contributed by atoms with E-state index >= 15 is 0 Å². The summed E-state index contributed by atoms with van der Waals surface area (Å²) in [5.41, 5.74) is 7.73. The molecule has 240 valence electrons. The summed E-state index contributed by atoms with van der Waals surface area (Å²) in [4.78, 5) is 59.4. The molecule has 3 amide bonds. The first-order valence-corrected chi connectivity index (χ1v) is 16.9. The van der Waals surface area contributed by atoms with Gasteiger partial charge in [-0.1, -0.05) is 54.6 Å². The third-order valence-electron chi connectivity index (χ3n) is 6.56. The lowest BCUT2D eigenvalue weighted by Gasteiger charge is -2.27. The minimum atomic E-state index is -4.74. The molecule has 1 heterocycles. The highest BCUT2D eigenvalue weighted by atomic mass is 32.2. The molecule has 3 aromatic rings. The Morgan fingerprint density at radius 3 is 2.27 bits per heavy atom. The maximum Gasteiger partial charge on any atom is 0.524 e. The van der Waals surface area contributed by atoms with Gasteiger partial charge in [-0.3, -0.25) is 24.8 Å². The average molecular weight is 657 g/mol. The molecule has 0 spiro atoms. The van der Waals surface area contributed by atoms with Gasteiger partial charge in [0.05, 0.1) is 0 Å². The summed E-state index contributed by atoms with van der Waals surface area (Å²) < 4.78 is 21.0. The van der Waals surface area contributed by atoms with Crippen molar-refractivity contribution in [3.63, 3.8) is 0 Å². The molecular formula is C31H37N4O8PS. The van der Waals surface area contributed by atoms with Crippen LogP contribution in [0.15, 0.2) is 78.9 Å². The monoisotopic (exact) mass is 656 g/mol. The first-order chi connectivity index (χ1) is 21.3. The second-order valence-corrected chi connectivity index (χ2v) is 13.6. The average Bonchev–Trinajstić information content (AvgIpc) is 3.16. The number of anilines is 1. The number of nitrogens with zero attached hydrogens (tertiary/aromatic N) is 1. The Balaban J connectivity index is 1.48. The van der Waals surface area contributed by atoms with Gasteiger partial charge in [0.15, 0.2) is 0 Å². The van der Waals surface area contributed by atoms with Crippen molar-refractivity contribution < 1.29 is 38.0 Å². The Morgan fingerprint density at radius 1 is 1.00 bits per heavy atom. The van der Waals surface area contributed by atoms with Crippen LogP contribution in [-0.2, 0) is 25.3 Å². The van der Waals surface area contributed by atoms with E-state index in [2.05, 4.69) is 20.7 Å². The van der Waals surface area contributed by atoms with Gasteiger partial charge >= 0.3 is 13.9 Å². The number of rotatable bonds is 10. The standard InChI is InChI=1S/C31H37N4O8PS/c1-31(2,3)42-30(38)34-33-26(19-21-9-15-25(16-10-21)43-44(39,40)41)28(36)32-27-20-45-18-17-35(29(27)37)24-13-11-23(12-14-24)22-7-5-4-6-8-22/h4-16,26-27,33H,17-20H2,1-3H3,(H,32,36)(H,34,38)(H2,39,40,41)/t26-,27-/m0/s1. The predicted molar refractivity (Wildman–Crippen MR) is 173 cm³/mol. The lowest BCUT2D eigenvalue weighted by molar-refractivity contribution is -0.128. The molecule has 1 fully saturated rings. The Morgan fingerprint density at radius 2 is 1.64 bits per heavy atom.